The molecular weight excluding hydrogens is 476 g/mol. The Labute approximate surface area is 179 Å². The van der Waals surface area contributed by atoms with Crippen LogP contribution in [-0.4, -0.2) is 25.5 Å². The van der Waals surface area contributed by atoms with E-state index in [9.17, 15) is 4.79 Å². The molecular formula is C17H15BrCl3N5O. The highest BCUT2D eigenvalue weighted by Crippen LogP contribution is 2.27. The lowest BCUT2D eigenvalue weighted by atomic mass is 10.2. The second kappa shape index (κ2) is 8.22. The predicted molar refractivity (Wildman–Crippen MR) is 111 cm³/mol. The summed E-state index contributed by atoms with van der Waals surface area (Å²) in [4.78, 5) is 12.5. The van der Waals surface area contributed by atoms with E-state index in [2.05, 4.69) is 31.4 Å². The molecule has 0 spiro atoms. The minimum absolute atomic E-state index is 0.264. The molecule has 142 valence electrons. The van der Waals surface area contributed by atoms with Gasteiger partial charge in [-0.25, -0.2) is 0 Å². The zero-order chi connectivity index (χ0) is 19.7. The Morgan fingerprint density at radius 3 is 2.44 bits per heavy atom. The van der Waals surface area contributed by atoms with Gasteiger partial charge in [0.15, 0.2) is 5.82 Å². The Balaban J connectivity index is 1.75. The highest BCUT2D eigenvalue weighted by Gasteiger charge is 2.20. The Morgan fingerprint density at radius 1 is 1.19 bits per heavy atom. The van der Waals surface area contributed by atoms with Crippen molar-refractivity contribution in [1.29, 1.82) is 0 Å². The topological polar surface area (TPSA) is 64.7 Å². The summed E-state index contributed by atoms with van der Waals surface area (Å²) >= 11 is 22.0. The van der Waals surface area contributed by atoms with Crippen molar-refractivity contribution in [3.63, 3.8) is 0 Å². The van der Waals surface area contributed by atoms with E-state index < -0.39 is 6.04 Å². The highest BCUT2D eigenvalue weighted by atomic mass is 79.9. The number of aryl methyl sites for hydroxylation is 1. The van der Waals surface area contributed by atoms with E-state index in [0.717, 1.165) is 15.7 Å². The van der Waals surface area contributed by atoms with E-state index in [-0.39, 0.29) is 11.7 Å². The van der Waals surface area contributed by atoms with Gasteiger partial charge in [0.1, 0.15) is 11.1 Å². The quantitative estimate of drug-likeness (QED) is 0.523. The molecule has 0 aliphatic heterocycles. The zero-order valence-electron chi connectivity index (χ0n) is 14.4. The zero-order valence-corrected chi connectivity index (χ0v) is 18.2. The second-order valence-electron chi connectivity index (χ2n) is 5.93. The maximum Gasteiger partial charge on any atom is 0.250 e. The maximum absolute atomic E-state index is 12.5. The molecule has 1 aromatic carbocycles. The van der Waals surface area contributed by atoms with Crippen molar-refractivity contribution >= 4 is 62.5 Å². The molecule has 10 heteroatoms. The third-order valence-corrected chi connectivity index (χ3v) is 5.74. The predicted octanol–water partition coefficient (Wildman–Crippen LogP) is 5.36. The van der Waals surface area contributed by atoms with Gasteiger partial charge in [0.05, 0.1) is 16.7 Å². The van der Waals surface area contributed by atoms with E-state index in [4.69, 9.17) is 34.8 Å². The fraction of sp³-hybridized carbons (Fsp3) is 0.235. The molecule has 0 aliphatic carbocycles. The molecule has 1 amide bonds. The number of nitrogens with one attached hydrogen (secondary N) is 1. The van der Waals surface area contributed by atoms with E-state index in [0.29, 0.717) is 21.6 Å². The lowest BCUT2D eigenvalue weighted by molar-refractivity contribution is -0.119. The molecule has 1 unspecified atom stereocenters. The number of benzene rings is 1. The summed E-state index contributed by atoms with van der Waals surface area (Å²) in [7, 11) is 0. The van der Waals surface area contributed by atoms with Crippen LogP contribution in [0.5, 0.6) is 0 Å². The third kappa shape index (κ3) is 4.48. The van der Waals surface area contributed by atoms with Crippen molar-refractivity contribution in [3.05, 3.63) is 61.4 Å². The molecule has 3 aromatic rings. The molecule has 0 bridgehead atoms. The van der Waals surface area contributed by atoms with E-state index in [1.165, 1.54) is 0 Å². The first kappa shape index (κ1) is 20.2. The molecule has 1 N–H and O–H groups in total. The lowest BCUT2D eigenvalue weighted by Gasteiger charge is -2.11. The number of amides is 1. The second-order valence-corrected chi connectivity index (χ2v) is 8.01. The molecule has 0 fully saturated rings. The molecule has 27 heavy (non-hydrogen) atoms. The smallest absolute Gasteiger partial charge is 0.250 e. The summed E-state index contributed by atoms with van der Waals surface area (Å²) in [6.07, 6.45) is 3.36. The minimum Gasteiger partial charge on any atom is -0.306 e. The SMILES string of the molecule is Cc1nn(C(C)C(=O)Nc2nn(Cc3c(Cl)cccc3Cl)cc2Cl)cc1Br. The number of carbonyl (C=O) groups excluding carboxylic acids is 1. The van der Waals surface area contributed by atoms with E-state index >= 15 is 0 Å². The molecule has 1 atom stereocenters. The third-order valence-electron chi connectivity index (χ3n) is 3.97. The Hall–Kier alpha value is -1.54. The molecule has 6 nitrogen and oxygen atoms in total. The summed E-state index contributed by atoms with van der Waals surface area (Å²) < 4.78 is 3.98. The summed E-state index contributed by atoms with van der Waals surface area (Å²) in [6, 6.07) is 4.74. The molecule has 2 aromatic heterocycles. The van der Waals surface area contributed by atoms with Crippen molar-refractivity contribution < 1.29 is 4.79 Å². The van der Waals surface area contributed by atoms with Crippen LogP contribution in [-0.2, 0) is 11.3 Å². The summed E-state index contributed by atoms with van der Waals surface area (Å²) in [6.45, 7) is 3.92. The van der Waals surface area contributed by atoms with Crippen LogP contribution in [0, 0.1) is 6.92 Å². The average Bonchev–Trinajstić information content (AvgIpc) is 3.13. The first-order valence-corrected chi connectivity index (χ1v) is 9.87. The fourth-order valence-corrected chi connectivity index (χ4v) is 3.41. The van der Waals surface area contributed by atoms with Gasteiger partial charge in [-0.3, -0.25) is 14.2 Å². The number of anilines is 1. The van der Waals surface area contributed by atoms with Gasteiger partial charge in [-0.15, -0.1) is 0 Å². The average molecular weight is 492 g/mol. The van der Waals surface area contributed by atoms with Gasteiger partial charge in [0.2, 0.25) is 5.91 Å². The van der Waals surface area contributed by atoms with Crippen LogP contribution in [0.4, 0.5) is 5.82 Å². The van der Waals surface area contributed by atoms with E-state index in [1.807, 2.05) is 6.92 Å². The Bertz CT molecular complexity index is 961. The maximum atomic E-state index is 12.5. The number of carbonyl (C=O) groups is 1. The van der Waals surface area contributed by atoms with Crippen molar-refractivity contribution in [2.45, 2.75) is 26.4 Å². The largest absolute Gasteiger partial charge is 0.306 e. The van der Waals surface area contributed by atoms with Crippen LogP contribution in [0.25, 0.3) is 0 Å². The van der Waals surface area contributed by atoms with Crippen LogP contribution in [0.2, 0.25) is 15.1 Å². The Kier molecular flexibility index (Phi) is 6.15. The number of aromatic nitrogens is 4. The number of rotatable bonds is 5. The number of hydrogen-bond acceptors (Lipinski definition) is 3. The number of nitrogens with zero attached hydrogens (tertiary/aromatic N) is 4. The van der Waals surface area contributed by atoms with Crippen LogP contribution in [0.3, 0.4) is 0 Å². The fourth-order valence-electron chi connectivity index (χ4n) is 2.41. The molecule has 3 rings (SSSR count). The molecule has 0 saturated heterocycles. The van der Waals surface area contributed by atoms with Crippen molar-refractivity contribution in [3.8, 4) is 0 Å². The number of halogens is 4. The van der Waals surface area contributed by atoms with Gasteiger partial charge < -0.3 is 5.32 Å². The standard InChI is InChI=1S/C17H15BrCl3N5O/c1-9-12(18)7-26(23-9)10(2)17(27)22-16-15(21)8-25(24-16)6-11-13(19)4-3-5-14(11)20/h3-5,7-8,10H,6H2,1-2H3,(H,22,24,27). The minimum atomic E-state index is -0.533. The first-order chi connectivity index (χ1) is 12.8. The van der Waals surface area contributed by atoms with Crippen molar-refractivity contribution in [1.82, 2.24) is 19.6 Å². The molecule has 0 saturated carbocycles. The van der Waals surface area contributed by atoms with Gasteiger partial charge in [-0.05, 0) is 41.9 Å². The van der Waals surface area contributed by atoms with Gasteiger partial charge in [-0.1, -0.05) is 40.9 Å². The van der Waals surface area contributed by atoms with Crippen LogP contribution < -0.4 is 5.32 Å². The number of hydrogen-bond donors (Lipinski definition) is 1. The molecule has 2 heterocycles. The molecule has 0 radical (unpaired) electrons. The lowest BCUT2D eigenvalue weighted by Crippen LogP contribution is -2.24. The summed E-state index contributed by atoms with van der Waals surface area (Å²) in [5.74, 6) is -0.0208. The van der Waals surface area contributed by atoms with Crippen LogP contribution in [0.15, 0.2) is 35.1 Å². The van der Waals surface area contributed by atoms with Gasteiger partial charge in [0, 0.05) is 28.0 Å². The van der Waals surface area contributed by atoms with Gasteiger partial charge in [-0.2, -0.15) is 10.2 Å². The van der Waals surface area contributed by atoms with Crippen molar-refractivity contribution in [2.75, 3.05) is 5.32 Å². The summed E-state index contributed by atoms with van der Waals surface area (Å²) in [5.41, 5.74) is 1.52. The highest BCUT2D eigenvalue weighted by molar-refractivity contribution is 9.10. The summed E-state index contributed by atoms with van der Waals surface area (Å²) in [5, 5.41) is 12.7. The first-order valence-electron chi connectivity index (χ1n) is 7.94. The monoisotopic (exact) mass is 489 g/mol. The van der Waals surface area contributed by atoms with Crippen LogP contribution in [0.1, 0.15) is 24.2 Å². The Morgan fingerprint density at radius 2 is 1.85 bits per heavy atom. The van der Waals surface area contributed by atoms with E-state index in [1.54, 1.807) is 46.9 Å². The molecule has 0 aliphatic rings. The van der Waals surface area contributed by atoms with Crippen molar-refractivity contribution in [2.24, 2.45) is 0 Å². The van der Waals surface area contributed by atoms with Gasteiger partial charge in [0.25, 0.3) is 0 Å². The van der Waals surface area contributed by atoms with Gasteiger partial charge >= 0.3 is 0 Å². The normalized spacial score (nSPS) is 12.2. The van der Waals surface area contributed by atoms with Crippen LogP contribution >= 0.6 is 50.7 Å².